The minimum absolute atomic E-state index is 0. The summed E-state index contributed by atoms with van der Waals surface area (Å²) >= 11 is 0. The minimum atomic E-state index is 0. The summed E-state index contributed by atoms with van der Waals surface area (Å²) in [5.74, 6) is 0. The predicted molar refractivity (Wildman–Crippen MR) is 40.9 cm³/mol. The average Bonchev–Trinajstić information content (AvgIpc) is 2.34. The summed E-state index contributed by atoms with van der Waals surface area (Å²) < 4.78 is 1.77. The average molecular weight is 163 g/mol. The van der Waals surface area contributed by atoms with Gasteiger partial charge in [0, 0.05) is 12.7 Å². The molecule has 0 saturated heterocycles. The van der Waals surface area contributed by atoms with Gasteiger partial charge in [-0.05, 0) is 13.0 Å². The Morgan fingerprint density at radius 3 is 2.80 bits per heavy atom. The number of hydrogen-bond donors (Lipinski definition) is 1. The van der Waals surface area contributed by atoms with Crippen molar-refractivity contribution in [1.82, 2.24) is 15.0 Å². The van der Waals surface area contributed by atoms with Crippen LogP contribution in [0.1, 0.15) is 6.42 Å². The van der Waals surface area contributed by atoms with Crippen LogP contribution in [0.4, 0.5) is 0 Å². The SMILES string of the molecule is Cl.NCCCn1ccnn1. The fraction of sp³-hybridized carbons (Fsp3) is 0.600. The fourth-order valence-corrected chi connectivity index (χ4v) is 0.605. The summed E-state index contributed by atoms with van der Waals surface area (Å²) in [6.45, 7) is 1.58. The third-order valence-corrected chi connectivity index (χ3v) is 1.06. The quantitative estimate of drug-likeness (QED) is 0.684. The van der Waals surface area contributed by atoms with Crippen LogP contribution in [-0.4, -0.2) is 21.5 Å². The first-order valence-electron chi connectivity index (χ1n) is 2.97. The number of hydrogen-bond acceptors (Lipinski definition) is 3. The Bertz CT molecular complexity index is 151. The zero-order chi connectivity index (χ0) is 6.53. The van der Waals surface area contributed by atoms with Crippen LogP contribution in [0.3, 0.4) is 0 Å². The van der Waals surface area contributed by atoms with Crippen molar-refractivity contribution in [2.45, 2.75) is 13.0 Å². The molecule has 5 heteroatoms. The van der Waals surface area contributed by atoms with Crippen molar-refractivity contribution in [3.8, 4) is 0 Å². The fourth-order valence-electron chi connectivity index (χ4n) is 0.605. The van der Waals surface area contributed by atoms with Gasteiger partial charge in [-0.2, -0.15) is 0 Å². The highest BCUT2D eigenvalue weighted by molar-refractivity contribution is 5.85. The molecule has 0 saturated carbocycles. The van der Waals surface area contributed by atoms with E-state index in [9.17, 15) is 0 Å². The van der Waals surface area contributed by atoms with E-state index < -0.39 is 0 Å². The molecule has 1 aromatic rings. The van der Waals surface area contributed by atoms with Crippen LogP contribution < -0.4 is 5.73 Å². The topological polar surface area (TPSA) is 56.7 Å². The summed E-state index contributed by atoms with van der Waals surface area (Å²) in [4.78, 5) is 0. The largest absolute Gasteiger partial charge is 0.330 e. The Labute approximate surface area is 65.8 Å². The lowest BCUT2D eigenvalue weighted by atomic mass is 10.4. The molecule has 0 aliphatic heterocycles. The number of rotatable bonds is 3. The summed E-state index contributed by atoms with van der Waals surface area (Å²) in [5, 5.41) is 7.41. The van der Waals surface area contributed by atoms with Gasteiger partial charge in [-0.25, -0.2) is 0 Å². The normalized spacial score (nSPS) is 8.90. The Morgan fingerprint density at radius 2 is 2.30 bits per heavy atom. The van der Waals surface area contributed by atoms with Crippen LogP contribution in [0.5, 0.6) is 0 Å². The van der Waals surface area contributed by atoms with Crippen LogP contribution in [0, 0.1) is 0 Å². The molecule has 0 bridgehead atoms. The molecule has 0 unspecified atom stereocenters. The van der Waals surface area contributed by atoms with Crippen molar-refractivity contribution in [3.05, 3.63) is 12.4 Å². The van der Waals surface area contributed by atoms with Gasteiger partial charge < -0.3 is 5.73 Å². The van der Waals surface area contributed by atoms with E-state index >= 15 is 0 Å². The van der Waals surface area contributed by atoms with Gasteiger partial charge in [0.05, 0.1) is 6.20 Å². The molecule has 4 nitrogen and oxygen atoms in total. The zero-order valence-electron chi connectivity index (χ0n) is 5.60. The van der Waals surface area contributed by atoms with Gasteiger partial charge in [-0.3, -0.25) is 4.68 Å². The lowest BCUT2D eigenvalue weighted by Gasteiger charge is -1.94. The van der Waals surface area contributed by atoms with Gasteiger partial charge in [0.1, 0.15) is 0 Å². The summed E-state index contributed by atoms with van der Waals surface area (Å²) in [6.07, 6.45) is 4.45. The van der Waals surface area contributed by atoms with Gasteiger partial charge in [-0.1, -0.05) is 5.21 Å². The minimum Gasteiger partial charge on any atom is -0.330 e. The maximum absolute atomic E-state index is 5.28. The van der Waals surface area contributed by atoms with Crippen LogP contribution in [0.2, 0.25) is 0 Å². The molecule has 0 radical (unpaired) electrons. The molecule has 0 aliphatic rings. The number of nitrogens with two attached hydrogens (primary N) is 1. The first-order valence-corrected chi connectivity index (χ1v) is 2.97. The van der Waals surface area contributed by atoms with Crippen molar-refractivity contribution in [3.63, 3.8) is 0 Å². The molecule has 0 atom stereocenters. The zero-order valence-corrected chi connectivity index (χ0v) is 6.42. The smallest absolute Gasteiger partial charge is 0.0692 e. The maximum atomic E-state index is 5.28. The van der Waals surface area contributed by atoms with Gasteiger partial charge in [0.25, 0.3) is 0 Å². The van der Waals surface area contributed by atoms with Crippen LogP contribution in [-0.2, 0) is 6.54 Å². The Hall–Kier alpha value is -0.610. The highest BCUT2D eigenvalue weighted by atomic mass is 35.5. The second-order valence-electron chi connectivity index (χ2n) is 1.81. The summed E-state index contributed by atoms with van der Waals surface area (Å²) in [5.41, 5.74) is 5.28. The van der Waals surface area contributed by atoms with Crippen molar-refractivity contribution in [1.29, 1.82) is 0 Å². The molecule has 2 N–H and O–H groups in total. The Kier molecular flexibility index (Phi) is 4.88. The molecular formula is C5H11ClN4. The maximum Gasteiger partial charge on any atom is 0.0692 e. The molecule has 10 heavy (non-hydrogen) atoms. The van der Waals surface area contributed by atoms with E-state index in [1.807, 2.05) is 6.20 Å². The lowest BCUT2D eigenvalue weighted by molar-refractivity contribution is 0.564. The first kappa shape index (κ1) is 9.39. The van der Waals surface area contributed by atoms with E-state index in [4.69, 9.17) is 5.73 Å². The van der Waals surface area contributed by atoms with Crippen molar-refractivity contribution in [2.75, 3.05) is 6.54 Å². The van der Waals surface area contributed by atoms with Gasteiger partial charge in [-0.15, -0.1) is 17.5 Å². The Morgan fingerprint density at radius 1 is 1.50 bits per heavy atom. The number of nitrogens with zero attached hydrogens (tertiary/aromatic N) is 3. The van der Waals surface area contributed by atoms with E-state index in [1.165, 1.54) is 0 Å². The molecule has 1 rings (SSSR count). The standard InChI is InChI=1S/C5H10N4.ClH/c6-2-1-4-9-5-3-7-8-9;/h3,5H,1-2,4,6H2;1H. The lowest BCUT2D eigenvalue weighted by Crippen LogP contribution is -2.05. The van der Waals surface area contributed by atoms with E-state index in [1.54, 1.807) is 10.9 Å². The van der Waals surface area contributed by atoms with Crippen LogP contribution in [0.25, 0.3) is 0 Å². The van der Waals surface area contributed by atoms with Crippen LogP contribution >= 0.6 is 12.4 Å². The molecule has 0 spiro atoms. The monoisotopic (exact) mass is 162 g/mol. The summed E-state index contributed by atoms with van der Waals surface area (Å²) in [6, 6.07) is 0. The molecule has 0 aliphatic carbocycles. The highest BCUT2D eigenvalue weighted by Gasteiger charge is 1.86. The third kappa shape index (κ3) is 2.80. The van der Waals surface area contributed by atoms with Crippen molar-refractivity contribution < 1.29 is 0 Å². The molecule has 1 heterocycles. The van der Waals surface area contributed by atoms with E-state index in [0.717, 1.165) is 13.0 Å². The van der Waals surface area contributed by atoms with E-state index in [0.29, 0.717) is 6.54 Å². The predicted octanol–water partition coefficient (Wildman–Crippen LogP) is 0.0487. The molecule has 0 fully saturated rings. The van der Waals surface area contributed by atoms with E-state index in [2.05, 4.69) is 10.3 Å². The second-order valence-corrected chi connectivity index (χ2v) is 1.81. The number of aromatic nitrogens is 3. The summed E-state index contributed by atoms with van der Waals surface area (Å²) in [7, 11) is 0. The van der Waals surface area contributed by atoms with Crippen LogP contribution in [0.15, 0.2) is 12.4 Å². The van der Waals surface area contributed by atoms with Gasteiger partial charge in [0.15, 0.2) is 0 Å². The molecule has 58 valence electrons. The highest BCUT2D eigenvalue weighted by Crippen LogP contribution is 1.83. The van der Waals surface area contributed by atoms with Gasteiger partial charge in [0.2, 0.25) is 0 Å². The van der Waals surface area contributed by atoms with Crippen molar-refractivity contribution >= 4 is 12.4 Å². The Balaban J connectivity index is 0.000000810. The van der Waals surface area contributed by atoms with E-state index in [-0.39, 0.29) is 12.4 Å². The van der Waals surface area contributed by atoms with Crippen molar-refractivity contribution in [2.24, 2.45) is 5.73 Å². The second kappa shape index (κ2) is 5.20. The number of halogens is 1. The molecule has 0 amide bonds. The first-order chi connectivity index (χ1) is 4.43. The van der Waals surface area contributed by atoms with Gasteiger partial charge >= 0.3 is 0 Å². The molecular weight excluding hydrogens is 152 g/mol. The number of aryl methyl sites for hydroxylation is 1. The molecule has 0 aromatic carbocycles. The molecule has 1 aromatic heterocycles. The third-order valence-electron chi connectivity index (χ3n) is 1.06.